The summed E-state index contributed by atoms with van der Waals surface area (Å²) in [5, 5.41) is 0. The van der Waals surface area contributed by atoms with Crippen molar-refractivity contribution in [3.63, 3.8) is 0 Å². The fourth-order valence-electron chi connectivity index (χ4n) is 3.40. The molecular formula is C18H28N4O. The number of carbonyl (C=O) groups is 1. The Labute approximate surface area is 139 Å². The van der Waals surface area contributed by atoms with Gasteiger partial charge in [0.25, 0.3) is 5.91 Å². The molecule has 1 aromatic rings. The highest BCUT2D eigenvalue weighted by molar-refractivity contribution is 5.92. The third kappa shape index (κ3) is 3.83. The standard InChI is InChI=1S/C18H28N4O/c1-3-20-10-12-22(13-11-20)18(23)17-5-4-16(14-19-17)21-8-6-15(2)7-9-21/h4-5,14-15H,3,6-13H2,1-2H3. The minimum atomic E-state index is 0.0690. The van der Waals surface area contributed by atoms with Gasteiger partial charge in [0.1, 0.15) is 5.69 Å². The Hall–Kier alpha value is -1.62. The summed E-state index contributed by atoms with van der Waals surface area (Å²) in [5.41, 5.74) is 1.72. The first-order valence-corrected chi connectivity index (χ1v) is 8.90. The monoisotopic (exact) mass is 316 g/mol. The van der Waals surface area contributed by atoms with Gasteiger partial charge in [-0.15, -0.1) is 0 Å². The van der Waals surface area contributed by atoms with Gasteiger partial charge in [-0.1, -0.05) is 13.8 Å². The van der Waals surface area contributed by atoms with Gasteiger partial charge >= 0.3 is 0 Å². The van der Waals surface area contributed by atoms with Gasteiger partial charge in [-0.2, -0.15) is 0 Å². The van der Waals surface area contributed by atoms with Crippen molar-refractivity contribution in [2.24, 2.45) is 5.92 Å². The van der Waals surface area contributed by atoms with Crippen LogP contribution in [0.15, 0.2) is 18.3 Å². The maximum absolute atomic E-state index is 12.6. The molecule has 1 aromatic heterocycles. The molecule has 0 aliphatic carbocycles. The molecule has 2 aliphatic heterocycles. The molecule has 2 fully saturated rings. The largest absolute Gasteiger partial charge is 0.370 e. The number of hydrogen-bond donors (Lipinski definition) is 0. The fraction of sp³-hybridized carbons (Fsp3) is 0.667. The zero-order valence-electron chi connectivity index (χ0n) is 14.4. The summed E-state index contributed by atoms with van der Waals surface area (Å²) in [6.45, 7) is 11.3. The van der Waals surface area contributed by atoms with Gasteiger partial charge in [0.15, 0.2) is 0 Å². The first-order valence-electron chi connectivity index (χ1n) is 8.90. The van der Waals surface area contributed by atoms with Crippen molar-refractivity contribution in [2.45, 2.75) is 26.7 Å². The van der Waals surface area contributed by atoms with E-state index >= 15 is 0 Å². The number of piperazine rings is 1. The Bertz CT molecular complexity index is 514. The van der Waals surface area contributed by atoms with Crippen LogP contribution < -0.4 is 4.90 Å². The van der Waals surface area contributed by atoms with Crippen molar-refractivity contribution in [3.8, 4) is 0 Å². The molecule has 126 valence electrons. The summed E-state index contributed by atoms with van der Waals surface area (Å²) in [6, 6.07) is 3.94. The van der Waals surface area contributed by atoms with E-state index in [1.54, 1.807) is 0 Å². The van der Waals surface area contributed by atoms with Crippen molar-refractivity contribution in [1.82, 2.24) is 14.8 Å². The average Bonchev–Trinajstić information content (AvgIpc) is 2.62. The summed E-state index contributed by atoms with van der Waals surface area (Å²) in [4.78, 5) is 23.7. The zero-order chi connectivity index (χ0) is 16.2. The highest BCUT2D eigenvalue weighted by Gasteiger charge is 2.22. The lowest BCUT2D eigenvalue weighted by molar-refractivity contribution is 0.0637. The van der Waals surface area contributed by atoms with Gasteiger partial charge in [0, 0.05) is 39.3 Å². The van der Waals surface area contributed by atoms with Crippen molar-refractivity contribution in [3.05, 3.63) is 24.0 Å². The van der Waals surface area contributed by atoms with E-state index in [4.69, 9.17) is 0 Å². The number of rotatable bonds is 3. The van der Waals surface area contributed by atoms with Crippen LogP contribution in [0.3, 0.4) is 0 Å². The smallest absolute Gasteiger partial charge is 0.272 e. The molecule has 0 aromatic carbocycles. The predicted molar refractivity (Wildman–Crippen MR) is 92.9 cm³/mol. The van der Waals surface area contributed by atoms with Gasteiger partial charge < -0.3 is 14.7 Å². The van der Waals surface area contributed by atoms with Crippen LogP contribution in [0.4, 0.5) is 5.69 Å². The Morgan fingerprint density at radius 1 is 1.13 bits per heavy atom. The van der Waals surface area contributed by atoms with Gasteiger partial charge in [0.2, 0.25) is 0 Å². The molecule has 0 N–H and O–H groups in total. The Balaban J connectivity index is 1.59. The van der Waals surface area contributed by atoms with E-state index < -0.39 is 0 Å². The van der Waals surface area contributed by atoms with Crippen LogP contribution in [0.25, 0.3) is 0 Å². The molecule has 0 unspecified atom stereocenters. The molecule has 0 radical (unpaired) electrons. The summed E-state index contributed by atoms with van der Waals surface area (Å²) >= 11 is 0. The van der Waals surface area contributed by atoms with Crippen molar-refractivity contribution in [2.75, 3.05) is 50.7 Å². The highest BCUT2D eigenvalue weighted by atomic mass is 16.2. The maximum atomic E-state index is 12.6. The first-order chi connectivity index (χ1) is 11.2. The maximum Gasteiger partial charge on any atom is 0.272 e. The number of pyridine rings is 1. The van der Waals surface area contributed by atoms with E-state index in [1.165, 1.54) is 12.8 Å². The number of hydrogen-bond acceptors (Lipinski definition) is 4. The number of aromatic nitrogens is 1. The number of likely N-dealkylation sites (N-methyl/N-ethyl adjacent to an activating group) is 1. The number of piperidine rings is 1. The average molecular weight is 316 g/mol. The minimum Gasteiger partial charge on any atom is -0.370 e. The quantitative estimate of drug-likeness (QED) is 0.856. The topological polar surface area (TPSA) is 39.7 Å². The number of amides is 1. The van der Waals surface area contributed by atoms with Crippen molar-refractivity contribution in [1.29, 1.82) is 0 Å². The molecule has 2 aliphatic rings. The summed E-state index contributed by atoms with van der Waals surface area (Å²) in [6.07, 6.45) is 4.34. The Kier molecular flexibility index (Phi) is 5.16. The number of anilines is 1. The summed E-state index contributed by atoms with van der Waals surface area (Å²) < 4.78 is 0. The van der Waals surface area contributed by atoms with Crippen LogP contribution in [0, 0.1) is 5.92 Å². The van der Waals surface area contributed by atoms with Crippen molar-refractivity contribution < 1.29 is 4.79 Å². The van der Waals surface area contributed by atoms with Crippen LogP contribution >= 0.6 is 0 Å². The molecule has 0 atom stereocenters. The van der Waals surface area contributed by atoms with E-state index in [0.29, 0.717) is 5.69 Å². The number of nitrogens with zero attached hydrogens (tertiary/aromatic N) is 4. The highest BCUT2D eigenvalue weighted by Crippen LogP contribution is 2.22. The first kappa shape index (κ1) is 16.2. The third-order valence-electron chi connectivity index (χ3n) is 5.22. The minimum absolute atomic E-state index is 0.0690. The van der Waals surface area contributed by atoms with E-state index in [2.05, 4.69) is 34.7 Å². The Morgan fingerprint density at radius 2 is 1.83 bits per heavy atom. The van der Waals surface area contributed by atoms with Gasteiger partial charge in [-0.3, -0.25) is 4.79 Å². The van der Waals surface area contributed by atoms with Crippen LogP contribution in [0.5, 0.6) is 0 Å². The lowest BCUT2D eigenvalue weighted by Gasteiger charge is -2.34. The number of carbonyl (C=O) groups excluding carboxylic acids is 1. The second kappa shape index (κ2) is 7.30. The molecular weight excluding hydrogens is 288 g/mol. The van der Waals surface area contributed by atoms with E-state index in [1.807, 2.05) is 17.2 Å². The second-order valence-corrected chi connectivity index (χ2v) is 6.80. The zero-order valence-corrected chi connectivity index (χ0v) is 14.4. The molecule has 0 bridgehead atoms. The normalized spacial score (nSPS) is 20.8. The van der Waals surface area contributed by atoms with E-state index in [0.717, 1.165) is 57.4 Å². The molecule has 0 spiro atoms. The second-order valence-electron chi connectivity index (χ2n) is 6.80. The lowest BCUT2D eigenvalue weighted by atomic mass is 9.99. The van der Waals surface area contributed by atoms with Gasteiger partial charge in [0.05, 0.1) is 11.9 Å². The lowest BCUT2D eigenvalue weighted by Crippen LogP contribution is -2.48. The van der Waals surface area contributed by atoms with Crippen LogP contribution in [-0.2, 0) is 0 Å². The fourth-order valence-corrected chi connectivity index (χ4v) is 3.40. The molecule has 3 rings (SSSR count). The van der Waals surface area contributed by atoms with Crippen molar-refractivity contribution >= 4 is 11.6 Å². The molecule has 5 heteroatoms. The van der Waals surface area contributed by atoms with Gasteiger partial charge in [-0.05, 0) is 37.4 Å². The van der Waals surface area contributed by atoms with E-state index in [-0.39, 0.29) is 5.91 Å². The van der Waals surface area contributed by atoms with Crippen LogP contribution in [0.2, 0.25) is 0 Å². The molecule has 0 saturated carbocycles. The van der Waals surface area contributed by atoms with Crippen LogP contribution in [0.1, 0.15) is 37.2 Å². The third-order valence-corrected chi connectivity index (χ3v) is 5.22. The molecule has 2 saturated heterocycles. The predicted octanol–water partition coefficient (Wildman–Crippen LogP) is 2.10. The SMILES string of the molecule is CCN1CCN(C(=O)c2ccc(N3CCC(C)CC3)cn2)CC1. The summed E-state index contributed by atoms with van der Waals surface area (Å²) in [5.74, 6) is 0.890. The van der Waals surface area contributed by atoms with Crippen LogP contribution in [-0.4, -0.2) is 66.5 Å². The molecule has 1 amide bonds. The van der Waals surface area contributed by atoms with E-state index in [9.17, 15) is 4.79 Å². The van der Waals surface area contributed by atoms with Gasteiger partial charge in [-0.25, -0.2) is 4.98 Å². The summed E-state index contributed by atoms with van der Waals surface area (Å²) in [7, 11) is 0. The molecule has 3 heterocycles. The molecule has 5 nitrogen and oxygen atoms in total. The Morgan fingerprint density at radius 3 is 2.39 bits per heavy atom. The molecule has 23 heavy (non-hydrogen) atoms.